The summed E-state index contributed by atoms with van der Waals surface area (Å²) in [5, 5.41) is 0. The molecule has 0 spiro atoms. The van der Waals surface area contributed by atoms with Gasteiger partial charge in [-0.2, -0.15) is 0 Å². The van der Waals surface area contributed by atoms with Crippen molar-refractivity contribution in [1.82, 2.24) is 0 Å². The van der Waals surface area contributed by atoms with Crippen LogP contribution in [0.5, 0.6) is 0 Å². The lowest BCUT2D eigenvalue weighted by Gasteiger charge is -2.22. The first kappa shape index (κ1) is 18.4. The highest BCUT2D eigenvalue weighted by molar-refractivity contribution is 5.75. The van der Waals surface area contributed by atoms with E-state index in [1.807, 2.05) is 0 Å². The molecule has 0 aliphatic rings. The quantitative estimate of drug-likeness (QED) is 0.497. The van der Waals surface area contributed by atoms with E-state index in [9.17, 15) is 0 Å². The molecule has 134 valence electrons. The fourth-order valence-electron chi connectivity index (χ4n) is 3.91. The van der Waals surface area contributed by atoms with Crippen LogP contribution in [0.4, 0.5) is 0 Å². The lowest BCUT2D eigenvalue weighted by atomic mass is 9.83. The van der Waals surface area contributed by atoms with Crippen molar-refractivity contribution in [1.29, 1.82) is 0 Å². The van der Waals surface area contributed by atoms with Gasteiger partial charge in [-0.15, -0.1) is 0 Å². The normalized spacial score (nSPS) is 11.7. The molecular weight excluding hydrogens is 314 g/mol. The second-order valence-corrected chi connectivity index (χ2v) is 8.46. The van der Waals surface area contributed by atoms with E-state index in [4.69, 9.17) is 0 Å². The fraction of sp³-hybridized carbons (Fsp3) is 0.320. The van der Waals surface area contributed by atoms with Crippen LogP contribution >= 0.6 is 0 Å². The first-order valence-corrected chi connectivity index (χ1v) is 9.36. The van der Waals surface area contributed by atoms with Crippen LogP contribution in [0.25, 0.3) is 22.4 Å². The number of hydrogen-bond donors (Lipinski definition) is 0. The van der Waals surface area contributed by atoms with Gasteiger partial charge in [-0.1, -0.05) is 57.2 Å². The molecule has 0 aliphatic carbocycles. The number of aromatic nitrogens is 1. The Hall–Kier alpha value is -2.41. The Bertz CT molecular complexity index is 944. The summed E-state index contributed by atoms with van der Waals surface area (Å²) in [5.41, 5.74) is 10.7. The standard InChI is InChI=1S/C25H30N/c1-17-13-18(2)22(14-21(17)20-11-9-8-10-12-20)24-15-23(25(4,5)6)19(3)16-26(24)7/h8-16H,1-7H3/q+1. The van der Waals surface area contributed by atoms with Gasteiger partial charge in [0.15, 0.2) is 6.20 Å². The van der Waals surface area contributed by atoms with Crippen LogP contribution in [0.15, 0.2) is 54.7 Å². The van der Waals surface area contributed by atoms with E-state index < -0.39 is 0 Å². The summed E-state index contributed by atoms with van der Waals surface area (Å²) < 4.78 is 2.26. The van der Waals surface area contributed by atoms with Crippen molar-refractivity contribution in [3.63, 3.8) is 0 Å². The molecule has 3 rings (SSSR count). The van der Waals surface area contributed by atoms with Gasteiger partial charge in [0.2, 0.25) is 5.69 Å². The molecule has 3 aromatic rings. The Morgan fingerprint density at radius 3 is 1.96 bits per heavy atom. The third-order valence-electron chi connectivity index (χ3n) is 5.21. The number of hydrogen-bond acceptors (Lipinski definition) is 0. The first-order valence-electron chi connectivity index (χ1n) is 9.36. The number of nitrogens with zero attached hydrogens (tertiary/aromatic N) is 1. The van der Waals surface area contributed by atoms with Gasteiger partial charge in [0, 0.05) is 17.2 Å². The lowest BCUT2D eigenvalue weighted by molar-refractivity contribution is -0.660. The van der Waals surface area contributed by atoms with Crippen molar-refractivity contribution in [3.8, 4) is 22.4 Å². The van der Waals surface area contributed by atoms with Crippen molar-refractivity contribution in [3.05, 3.63) is 77.0 Å². The van der Waals surface area contributed by atoms with Crippen LogP contribution < -0.4 is 4.57 Å². The second-order valence-electron chi connectivity index (χ2n) is 8.46. The Kier molecular flexibility index (Phi) is 4.75. The monoisotopic (exact) mass is 344 g/mol. The third-order valence-corrected chi connectivity index (χ3v) is 5.21. The van der Waals surface area contributed by atoms with Gasteiger partial charge in [0.05, 0.1) is 0 Å². The molecule has 0 atom stereocenters. The van der Waals surface area contributed by atoms with Gasteiger partial charge < -0.3 is 0 Å². The van der Waals surface area contributed by atoms with E-state index in [0.29, 0.717) is 0 Å². The van der Waals surface area contributed by atoms with Crippen LogP contribution in [0.3, 0.4) is 0 Å². The van der Waals surface area contributed by atoms with E-state index in [1.165, 1.54) is 44.6 Å². The SMILES string of the molecule is Cc1cc(C)c(-c2cc(C(C)(C)C)c(C)c[n+]2C)cc1-c1ccccc1. The van der Waals surface area contributed by atoms with Crippen LogP contribution in [-0.2, 0) is 12.5 Å². The number of rotatable bonds is 2. The van der Waals surface area contributed by atoms with E-state index in [2.05, 4.69) is 108 Å². The summed E-state index contributed by atoms with van der Waals surface area (Å²) in [7, 11) is 2.15. The number of pyridine rings is 1. The van der Waals surface area contributed by atoms with Gasteiger partial charge in [0.25, 0.3) is 0 Å². The third kappa shape index (κ3) is 3.44. The summed E-state index contributed by atoms with van der Waals surface area (Å²) >= 11 is 0. The molecule has 0 saturated heterocycles. The summed E-state index contributed by atoms with van der Waals surface area (Å²) in [6.07, 6.45) is 2.26. The van der Waals surface area contributed by atoms with Crippen molar-refractivity contribution in [2.75, 3.05) is 0 Å². The van der Waals surface area contributed by atoms with Crippen molar-refractivity contribution in [2.24, 2.45) is 7.05 Å². The molecule has 0 saturated carbocycles. The van der Waals surface area contributed by atoms with Crippen molar-refractivity contribution >= 4 is 0 Å². The van der Waals surface area contributed by atoms with Gasteiger partial charge in [0.1, 0.15) is 7.05 Å². The minimum atomic E-state index is 0.133. The minimum Gasteiger partial charge on any atom is -0.201 e. The maximum absolute atomic E-state index is 2.38. The van der Waals surface area contributed by atoms with E-state index >= 15 is 0 Å². The zero-order chi connectivity index (χ0) is 19.1. The Morgan fingerprint density at radius 2 is 1.35 bits per heavy atom. The Morgan fingerprint density at radius 1 is 0.731 bits per heavy atom. The lowest BCUT2D eigenvalue weighted by Crippen LogP contribution is -2.33. The molecule has 2 aromatic carbocycles. The maximum atomic E-state index is 2.38. The highest BCUT2D eigenvalue weighted by Gasteiger charge is 2.23. The molecule has 1 heterocycles. The number of aryl methyl sites for hydroxylation is 4. The Labute approximate surface area is 158 Å². The average molecular weight is 345 g/mol. The van der Waals surface area contributed by atoms with Gasteiger partial charge in [-0.25, -0.2) is 4.57 Å². The molecule has 0 amide bonds. The largest absolute Gasteiger partial charge is 0.212 e. The average Bonchev–Trinajstić information content (AvgIpc) is 2.55. The highest BCUT2D eigenvalue weighted by Crippen LogP contribution is 2.33. The van der Waals surface area contributed by atoms with Crippen molar-refractivity contribution in [2.45, 2.75) is 47.0 Å². The summed E-state index contributed by atoms with van der Waals surface area (Å²) in [6, 6.07) is 17.7. The van der Waals surface area contributed by atoms with Gasteiger partial charge in [-0.3, -0.25) is 0 Å². The van der Waals surface area contributed by atoms with E-state index in [1.54, 1.807) is 0 Å². The molecule has 0 fully saturated rings. The number of benzene rings is 2. The Balaban J connectivity index is 2.25. The van der Waals surface area contributed by atoms with Crippen LogP contribution in [0.1, 0.15) is 43.0 Å². The molecular formula is C25H30N+. The van der Waals surface area contributed by atoms with Crippen LogP contribution in [-0.4, -0.2) is 0 Å². The summed E-state index contributed by atoms with van der Waals surface area (Å²) in [4.78, 5) is 0. The van der Waals surface area contributed by atoms with Crippen LogP contribution in [0.2, 0.25) is 0 Å². The molecule has 0 unspecified atom stereocenters. The van der Waals surface area contributed by atoms with Crippen molar-refractivity contribution < 1.29 is 4.57 Å². The first-order chi connectivity index (χ1) is 12.2. The topological polar surface area (TPSA) is 3.88 Å². The molecule has 26 heavy (non-hydrogen) atoms. The molecule has 1 aromatic heterocycles. The zero-order valence-corrected chi connectivity index (χ0v) is 17.1. The molecule has 0 N–H and O–H groups in total. The molecule has 0 aliphatic heterocycles. The maximum Gasteiger partial charge on any atom is 0.212 e. The predicted molar refractivity (Wildman–Crippen MR) is 111 cm³/mol. The molecule has 0 radical (unpaired) electrons. The minimum absolute atomic E-state index is 0.133. The molecule has 1 heteroatoms. The van der Waals surface area contributed by atoms with Gasteiger partial charge in [-0.05, 0) is 60.1 Å². The predicted octanol–water partition coefficient (Wildman–Crippen LogP) is 6.07. The summed E-state index contributed by atoms with van der Waals surface area (Å²) in [5.74, 6) is 0. The van der Waals surface area contributed by atoms with Crippen LogP contribution in [0, 0.1) is 20.8 Å². The fourth-order valence-corrected chi connectivity index (χ4v) is 3.91. The summed E-state index contributed by atoms with van der Waals surface area (Å²) in [6.45, 7) is 13.5. The second kappa shape index (κ2) is 6.72. The highest BCUT2D eigenvalue weighted by atomic mass is 14.9. The zero-order valence-electron chi connectivity index (χ0n) is 17.1. The van der Waals surface area contributed by atoms with E-state index in [-0.39, 0.29) is 5.41 Å². The molecule has 1 nitrogen and oxygen atoms in total. The van der Waals surface area contributed by atoms with E-state index in [0.717, 1.165) is 0 Å². The van der Waals surface area contributed by atoms with Gasteiger partial charge >= 0.3 is 0 Å². The smallest absolute Gasteiger partial charge is 0.201 e. The molecule has 0 bridgehead atoms.